The number of nitrogens with zero attached hydrogens (tertiary/aromatic N) is 4. The third-order valence-electron chi connectivity index (χ3n) is 4.31. The molecule has 1 aliphatic rings. The van der Waals surface area contributed by atoms with Crippen LogP contribution in [0.5, 0.6) is 0 Å². The smallest absolute Gasteiger partial charge is 0.265 e. The zero-order valence-corrected chi connectivity index (χ0v) is 14.8. The summed E-state index contributed by atoms with van der Waals surface area (Å²) in [6.45, 7) is 4.24. The molecule has 0 saturated carbocycles. The van der Waals surface area contributed by atoms with Crippen molar-refractivity contribution in [3.63, 3.8) is 0 Å². The number of hydrogen-bond donors (Lipinski definition) is 2. The van der Waals surface area contributed by atoms with Gasteiger partial charge in [0.15, 0.2) is 5.82 Å². The first kappa shape index (κ1) is 15.8. The summed E-state index contributed by atoms with van der Waals surface area (Å²) in [4.78, 5) is 0.182. The molecule has 1 aliphatic heterocycles. The molecule has 0 saturated heterocycles. The van der Waals surface area contributed by atoms with Crippen LogP contribution in [0.25, 0.3) is 11.4 Å². The van der Waals surface area contributed by atoms with E-state index in [0.29, 0.717) is 17.1 Å². The summed E-state index contributed by atoms with van der Waals surface area (Å²) < 4.78 is 30.1. The summed E-state index contributed by atoms with van der Waals surface area (Å²) in [5.74, 6) is 1.75. The van der Waals surface area contributed by atoms with E-state index in [1.165, 1.54) is 0 Å². The summed E-state index contributed by atoms with van der Waals surface area (Å²) >= 11 is 0. The van der Waals surface area contributed by atoms with Crippen LogP contribution in [0.3, 0.4) is 0 Å². The Hall–Kier alpha value is -2.68. The molecule has 9 heteroatoms. The van der Waals surface area contributed by atoms with Crippen molar-refractivity contribution in [2.24, 2.45) is 0 Å². The monoisotopic (exact) mass is 358 g/mol. The Labute approximate surface area is 145 Å². The number of aryl methyl sites for hydroxylation is 3. The van der Waals surface area contributed by atoms with Crippen LogP contribution in [0.2, 0.25) is 0 Å². The minimum absolute atomic E-state index is 0.182. The number of aromatic nitrogens is 5. The van der Waals surface area contributed by atoms with Gasteiger partial charge < -0.3 is 4.57 Å². The Morgan fingerprint density at radius 2 is 2.08 bits per heavy atom. The van der Waals surface area contributed by atoms with Gasteiger partial charge in [0, 0.05) is 24.2 Å². The second-order valence-electron chi connectivity index (χ2n) is 6.14. The number of benzene rings is 1. The molecular formula is C16H18N6O2S. The molecule has 3 aromatic rings. The number of fused-ring (bicyclic) bond motifs is 1. The van der Waals surface area contributed by atoms with E-state index in [-0.39, 0.29) is 4.90 Å². The summed E-state index contributed by atoms with van der Waals surface area (Å²) in [6, 6.07) is 7.20. The molecule has 25 heavy (non-hydrogen) atoms. The van der Waals surface area contributed by atoms with Crippen molar-refractivity contribution in [2.75, 3.05) is 4.72 Å². The van der Waals surface area contributed by atoms with Crippen LogP contribution in [-0.2, 0) is 23.0 Å². The Balaban J connectivity index is 1.68. The Bertz CT molecular complexity index is 1030. The molecule has 0 unspecified atom stereocenters. The maximum atomic E-state index is 12.7. The maximum Gasteiger partial charge on any atom is 0.265 e. The van der Waals surface area contributed by atoms with Gasteiger partial charge in [0.05, 0.1) is 11.4 Å². The van der Waals surface area contributed by atoms with Gasteiger partial charge in [0.2, 0.25) is 0 Å². The fourth-order valence-electron chi connectivity index (χ4n) is 3.23. The maximum absolute atomic E-state index is 12.7. The summed E-state index contributed by atoms with van der Waals surface area (Å²) in [5.41, 5.74) is 2.27. The fourth-order valence-corrected chi connectivity index (χ4v) is 4.65. The molecule has 8 nitrogen and oxygen atoms in total. The Morgan fingerprint density at radius 3 is 2.84 bits per heavy atom. The van der Waals surface area contributed by atoms with Crippen LogP contribution < -0.4 is 4.72 Å². The third-order valence-corrected chi connectivity index (χ3v) is 5.96. The van der Waals surface area contributed by atoms with Gasteiger partial charge in [-0.3, -0.25) is 9.82 Å². The summed E-state index contributed by atoms with van der Waals surface area (Å²) in [6.07, 6.45) is 1.99. The zero-order valence-electron chi connectivity index (χ0n) is 13.9. The lowest BCUT2D eigenvalue weighted by molar-refractivity contribution is 0.600. The number of sulfonamides is 1. The average molecular weight is 358 g/mol. The van der Waals surface area contributed by atoms with Gasteiger partial charge >= 0.3 is 0 Å². The molecule has 0 bridgehead atoms. The highest BCUT2D eigenvalue weighted by atomic mass is 32.2. The van der Waals surface area contributed by atoms with Gasteiger partial charge in [-0.05, 0) is 32.4 Å². The van der Waals surface area contributed by atoms with E-state index in [4.69, 9.17) is 0 Å². The molecule has 0 amide bonds. The highest BCUT2D eigenvalue weighted by Gasteiger charge is 2.23. The lowest BCUT2D eigenvalue weighted by Gasteiger charge is -2.10. The van der Waals surface area contributed by atoms with Gasteiger partial charge in [0.25, 0.3) is 10.0 Å². The van der Waals surface area contributed by atoms with Crippen LogP contribution >= 0.6 is 0 Å². The van der Waals surface area contributed by atoms with Gasteiger partial charge in [-0.25, -0.2) is 8.42 Å². The molecule has 130 valence electrons. The molecule has 0 atom stereocenters. The van der Waals surface area contributed by atoms with Crippen molar-refractivity contribution < 1.29 is 8.42 Å². The second-order valence-corrected chi connectivity index (χ2v) is 7.76. The van der Waals surface area contributed by atoms with E-state index in [2.05, 4.69) is 29.7 Å². The van der Waals surface area contributed by atoms with E-state index in [0.717, 1.165) is 36.6 Å². The van der Waals surface area contributed by atoms with E-state index in [9.17, 15) is 8.42 Å². The third kappa shape index (κ3) is 2.70. The summed E-state index contributed by atoms with van der Waals surface area (Å²) in [7, 11) is -3.72. The number of aromatic amines is 1. The Morgan fingerprint density at radius 1 is 1.24 bits per heavy atom. The quantitative estimate of drug-likeness (QED) is 0.742. The molecule has 1 aromatic carbocycles. The van der Waals surface area contributed by atoms with Crippen molar-refractivity contribution in [1.29, 1.82) is 0 Å². The first-order valence-electron chi connectivity index (χ1n) is 8.02. The normalized spacial score (nSPS) is 13.8. The molecule has 4 rings (SSSR count). The average Bonchev–Trinajstić information content (AvgIpc) is 3.23. The van der Waals surface area contributed by atoms with Gasteiger partial charge in [-0.1, -0.05) is 12.1 Å². The van der Waals surface area contributed by atoms with Crippen molar-refractivity contribution in [1.82, 2.24) is 25.0 Å². The molecule has 0 aliphatic carbocycles. The van der Waals surface area contributed by atoms with Gasteiger partial charge in [0.1, 0.15) is 10.7 Å². The van der Waals surface area contributed by atoms with Crippen molar-refractivity contribution in [3.05, 3.63) is 41.5 Å². The number of rotatable bonds is 4. The predicted molar refractivity (Wildman–Crippen MR) is 92.6 cm³/mol. The SMILES string of the molecule is Cc1n[nH]c(C)c1S(=O)(=O)Nc1cccc(-c2nnc3n2CCC3)c1. The van der Waals surface area contributed by atoms with Crippen molar-refractivity contribution in [2.45, 2.75) is 38.1 Å². The molecule has 2 aromatic heterocycles. The largest absolute Gasteiger partial charge is 0.311 e. The number of nitrogens with one attached hydrogen (secondary N) is 2. The lowest BCUT2D eigenvalue weighted by atomic mass is 10.2. The van der Waals surface area contributed by atoms with E-state index >= 15 is 0 Å². The zero-order chi connectivity index (χ0) is 17.6. The van der Waals surface area contributed by atoms with Crippen molar-refractivity contribution >= 4 is 15.7 Å². The minimum atomic E-state index is -3.72. The van der Waals surface area contributed by atoms with Crippen LogP contribution in [0.1, 0.15) is 23.6 Å². The number of hydrogen-bond acceptors (Lipinski definition) is 5. The van der Waals surface area contributed by atoms with E-state index in [1.807, 2.05) is 6.07 Å². The van der Waals surface area contributed by atoms with Crippen LogP contribution in [0, 0.1) is 13.8 Å². The number of anilines is 1. The predicted octanol–water partition coefficient (Wildman–Crippen LogP) is 2.03. The minimum Gasteiger partial charge on any atom is -0.311 e. The molecule has 2 N–H and O–H groups in total. The summed E-state index contributed by atoms with van der Waals surface area (Å²) in [5, 5.41) is 15.1. The topological polar surface area (TPSA) is 106 Å². The molecular weight excluding hydrogens is 340 g/mol. The standard InChI is InChI=1S/C16H18N6O2S/c1-10-15(11(2)18-17-10)25(23,24)21-13-6-3-5-12(9-13)16-20-19-14-7-4-8-22(14)16/h3,5-6,9,21H,4,7-8H2,1-2H3,(H,17,18). The van der Waals surface area contributed by atoms with Gasteiger partial charge in [-0.2, -0.15) is 5.10 Å². The van der Waals surface area contributed by atoms with E-state index in [1.54, 1.807) is 32.0 Å². The second kappa shape index (κ2) is 5.69. The first-order valence-corrected chi connectivity index (χ1v) is 9.51. The highest BCUT2D eigenvalue weighted by molar-refractivity contribution is 7.92. The fraction of sp³-hybridized carbons (Fsp3) is 0.312. The first-order chi connectivity index (χ1) is 12.0. The van der Waals surface area contributed by atoms with Crippen LogP contribution in [-0.4, -0.2) is 33.4 Å². The van der Waals surface area contributed by atoms with Crippen molar-refractivity contribution in [3.8, 4) is 11.4 Å². The van der Waals surface area contributed by atoms with Gasteiger partial charge in [-0.15, -0.1) is 10.2 Å². The lowest BCUT2D eigenvalue weighted by Crippen LogP contribution is -2.14. The Kier molecular flexibility index (Phi) is 3.60. The molecule has 0 fully saturated rings. The van der Waals surface area contributed by atoms with E-state index < -0.39 is 10.0 Å². The molecule has 0 radical (unpaired) electrons. The molecule has 0 spiro atoms. The van der Waals surface area contributed by atoms with Crippen LogP contribution in [0.4, 0.5) is 5.69 Å². The highest BCUT2D eigenvalue weighted by Crippen LogP contribution is 2.27. The number of H-pyrrole nitrogens is 1. The molecule has 3 heterocycles. The van der Waals surface area contributed by atoms with Crippen LogP contribution in [0.15, 0.2) is 29.2 Å².